The van der Waals surface area contributed by atoms with Crippen molar-refractivity contribution in [3.05, 3.63) is 35.9 Å². The molecular weight excluding hydrogens is 270 g/mol. The summed E-state index contributed by atoms with van der Waals surface area (Å²) in [5, 5.41) is 0. The first-order chi connectivity index (χ1) is 9.03. The summed E-state index contributed by atoms with van der Waals surface area (Å²) >= 11 is 0. The van der Waals surface area contributed by atoms with Crippen LogP contribution in [0.2, 0.25) is 0 Å². The van der Waals surface area contributed by atoms with Gasteiger partial charge in [0.15, 0.2) is 0 Å². The largest absolute Gasteiger partial charge is 0.461 e. The summed E-state index contributed by atoms with van der Waals surface area (Å²) in [6.07, 6.45) is 0.403. The minimum atomic E-state index is -3.67. The van der Waals surface area contributed by atoms with Gasteiger partial charge in [-0.25, -0.2) is 0 Å². The zero-order valence-electron chi connectivity index (χ0n) is 10.7. The summed E-state index contributed by atoms with van der Waals surface area (Å²) in [6.45, 7) is 0.166. The summed E-state index contributed by atoms with van der Waals surface area (Å²) in [5.41, 5.74) is 0.907. The Hall–Kier alpha value is -1.44. The summed E-state index contributed by atoms with van der Waals surface area (Å²) in [4.78, 5) is 11.4. The first-order valence-corrected chi connectivity index (χ1v) is 7.22. The minimum Gasteiger partial charge on any atom is -0.461 e. The number of hydrogen-bond acceptors (Lipinski definition) is 5. The smallest absolute Gasteiger partial charge is 0.335 e. The molecular formula is C12H17NO5S. The molecule has 0 saturated heterocycles. The van der Waals surface area contributed by atoms with E-state index in [1.165, 1.54) is 7.05 Å². The van der Waals surface area contributed by atoms with Crippen LogP contribution in [0.15, 0.2) is 30.3 Å². The van der Waals surface area contributed by atoms with Crippen LogP contribution in [-0.2, 0) is 30.6 Å². The van der Waals surface area contributed by atoms with Crippen LogP contribution in [0, 0.1) is 0 Å². The van der Waals surface area contributed by atoms with Crippen molar-refractivity contribution in [2.75, 3.05) is 13.7 Å². The highest BCUT2D eigenvalue weighted by molar-refractivity contribution is 7.84. The Morgan fingerprint density at radius 2 is 1.95 bits per heavy atom. The molecule has 0 radical (unpaired) electrons. The SMILES string of the molecule is CNS(=O)(=O)OCCCC(=O)OCc1ccccc1. The molecule has 0 spiro atoms. The third kappa shape index (κ3) is 6.90. The van der Waals surface area contributed by atoms with E-state index in [-0.39, 0.29) is 32.0 Å². The number of nitrogens with one attached hydrogen (secondary N) is 1. The number of rotatable bonds is 8. The van der Waals surface area contributed by atoms with Gasteiger partial charge in [-0.3, -0.25) is 8.98 Å². The summed E-state index contributed by atoms with van der Waals surface area (Å²) in [6, 6.07) is 9.32. The Morgan fingerprint density at radius 1 is 1.26 bits per heavy atom. The number of ether oxygens (including phenoxy) is 1. The van der Waals surface area contributed by atoms with Crippen molar-refractivity contribution >= 4 is 16.3 Å². The number of hydrogen-bond donors (Lipinski definition) is 1. The highest BCUT2D eigenvalue weighted by Crippen LogP contribution is 2.03. The van der Waals surface area contributed by atoms with Crippen molar-refractivity contribution in [1.29, 1.82) is 0 Å². The maximum atomic E-state index is 11.4. The molecule has 0 bridgehead atoms. The molecule has 1 aromatic rings. The standard InChI is InChI=1S/C12H17NO5S/c1-13-19(15,16)18-9-5-8-12(14)17-10-11-6-3-2-4-7-11/h2-4,6-7,13H,5,8-10H2,1H3. The topological polar surface area (TPSA) is 81.7 Å². The van der Waals surface area contributed by atoms with Crippen LogP contribution in [0.25, 0.3) is 0 Å². The molecule has 106 valence electrons. The number of carbonyl (C=O) groups is 1. The quantitative estimate of drug-likeness (QED) is 0.569. The molecule has 0 saturated carbocycles. The summed E-state index contributed by atoms with van der Waals surface area (Å²) < 4.78 is 33.4. The predicted molar refractivity (Wildman–Crippen MR) is 69.4 cm³/mol. The Morgan fingerprint density at radius 3 is 2.58 bits per heavy atom. The van der Waals surface area contributed by atoms with E-state index in [0.29, 0.717) is 0 Å². The van der Waals surface area contributed by atoms with Gasteiger partial charge in [-0.1, -0.05) is 30.3 Å². The Labute approximate surface area is 113 Å². The fourth-order valence-corrected chi connectivity index (χ4v) is 1.71. The van der Waals surface area contributed by atoms with Crippen LogP contribution in [0.1, 0.15) is 18.4 Å². The van der Waals surface area contributed by atoms with Gasteiger partial charge in [0.1, 0.15) is 6.61 Å². The lowest BCUT2D eigenvalue weighted by Gasteiger charge is -2.05. The van der Waals surface area contributed by atoms with Gasteiger partial charge in [-0.05, 0) is 12.0 Å². The van der Waals surface area contributed by atoms with Crippen molar-refractivity contribution in [3.63, 3.8) is 0 Å². The van der Waals surface area contributed by atoms with Gasteiger partial charge in [0.2, 0.25) is 0 Å². The van der Waals surface area contributed by atoms with Gasteiger partial charge >= 0.3 is 16.3 Å². The fraction of sp³-hybridized carbons (Fsp3) is 0.417. The van der Waals surface area contributed by atoms with Crippen LogP contribution < -0.4 is 4.72 Å². The maximum absolute atomic E-state index is 11.4. The van der Waals surface area contributed by atoms with Crippen LogP contribution in [0.3, 0.4) is 0 Å². The second-order valence-electron chi connectivity index (χ2n) is 3.73. The maximum Gasteiger partial charge on any atom is 0.335 e. The molecule has 6 nitrogen and oxygen atoms in total. The van der Waals surface area contributed by atoms with E-state index in [0.717, 1.165) is 5.56 Å². The van der Waals surface area contributed by atoms with Crippen LogP contribution in [0.5, 0.6) is 0 Å². The van der Waals surface area contributed by atoms with Gasteiger partial charge in [0.25, 0.3) is 0 Å². The number of esters is 1. The van der Waals surface area contributed by atoms with E-state index < -0.39 is 10.3 Å². The number of carbonyl (C=O) groups excluding carboxylic acids is 1. The highest BCUT2D eigenvalue weighted by atomic mass is 32.2. The molecule has 0 aliphatic carbocycles. The molecule has 0 fully saturated rings. The zero-order valence-corrected chi connectivity index (χ0v) is 11.5. The molecule has 0 aliphatic heterocycles. The zero-order chi connectivity index (χ0) is 14.1. The second kappa shape index (κ2) is 7.88. The van der Waals surface area contributed by atoms with E-state index in [4.69, 9.17) is 4.74 Å². The van der Waals surface area contributed by atoms with E-state index in [1.807, 2.05) is 35.1 Å². The van der Waals surface area contributed by atoms with Crippen molar-refractivity contribution in [1.82, 2.24) is 4.72 Å². The lowest BCUT2D eigenvalue weighted by atomic mass is 10.2. The van der Waals surface area contributed by atoms with E-state index >= 15 is 0 Å². The summed E-state index contributed by atoms with van der Waals surface area (Å²) in [7, 11) is -2.42. The van der Waals surface area contributed by atoms with Crippen LogP contribution in [-0.4, -0.2) is 28.0 Å². The molecule has 0 amide bonds. The molecule has 1 rings (SSSR count). The molecule has 1 N–H and O–H groups in total. The van der Waals surface area contributed by atoms with E-state index in [9.17, 15) is 13.2 Å². The van der Waals surface area contributed by atoms with E-state index in [2.05, 4.69) is 4.18 Å². The molecule has 0 heterocycles. The Bertz CT molecular complexity index is 486. The van der Waals surface area contributed by atoms with Gasteiger partial charge in [-0.2, -0.15) is 13.1 Å². The number of benzene rings is 1. The van der Waals surface area contributed by atoms with Crippen molar-refractivity contribution in [2.24, 2.45) is 0 Å². The lowest BCUT2D eigenvalue weighted by molar-refractivity contribution is -0.145. The van der Waals surface area contributed by atoms with Gasteiger partial charge in [0.05, 0.1) is 6.61 Å². The molecule has 1 aromatic carbocycles. The first-order valence-electron chi connectivity index (χ1n) is 5.81. The fourth-order valence-electron chi connectivity index (χ4n) is 1.25. The van der Waals surface area contributed by atoms with Crippen molar-refractivity contribution in [3.8, 4) is 0 Å². The molecule has 0 aromatic heterocycles. The third-order valence-corrected chi connectivity index (χ3v) is 3.23. The molecule has 0 atom stereocenters. The Kier molecular flexibility index (Phi) is 6.48. The lowest BCUT2D eigenvalue weighted by Crippen LogP contribution is -2.22. The van der Waals surface area contributed by atoms with Crippen LogP contribution >= 0.6 is 0 Å². The molecule has 19 heavy (non-hydrogen) atoms. The molecule has 0 unspecified atom stereocenters. The minimum absolute atomic E-state index is 0.0520. The van der Waals surface area contributed by atoms with E-state index in [1.54, 1.807) is 0 Å². The third-order valence-electron chi connectivity index (χ3n) is 2.26. The Balaban J connectivity index is 2.15. The van der Waals surface area contributed by atoms with Gasteiger partial charge < -0.3 is 4.74 Å². The second-order valence-corrected chi connectivity index (χ2v) is 5.28. The summed E-state index contributed by atoms with van der Waals surface area (Å²) in [5.74, 6) is -0.380. The van der Waals surface area contributed by atoms with Crippen molar-refractivity contribution < 1.29 is 22.1 Å². The molecule has 7 heteroatoms. The first kappa shape index (κ1) is 15.6. The average molecular weight is 287 g/mol. The predicted octanol–water partition coefficient (Wildman–Crippen LogP) is 0.991. The van der Waals surface area contributed by atoms with Crippen molar-refractivity contribution in [2.45, 2.75) is 19.4 Å². The average Bonchev–Trinajstić information content (AvgIpc) is 2.42. The van der Waals surface area contributed by atoms with Gasteiger partial charge in [-0.15, -0.1) is 0 Å². The highest BCUT2D eigenvalue weighted by Gasteiger charge is 2.08. The van der Waals surface area contributed by atoms with Gasteiger partial charge in [0, 0.05) is 13.5 Å². The molecule has 0 aliphatic rings. The monoisotopic (exact) mass is 287 g/mol. The van der Waals surface area contributed by atoms with Crippen LogP contribution in [0.4, 0.5) is 0 Å². The normalized spacial score (nSPS) is 11.2.